The molecular weight excluding hydrogens is 508 g/mol. The van der Waals surface area contributed by atoms with Gasteiger partial charge >= 0.3 is 6.18 Å². The highest BCUT2D eigenvalue weighted by Crippen LogP contribution is 2.43. The van der Waals surface area contributed by atoms with E-state index in [9.17, 15) is 27.5 Å². The molecule has 0 radical (unpaired) electrons. The van der Waals surface area contributed by atoms with Crippen LogP contribution in [-0.4, -0.2) is 51.7 Å². The Kier molecular flexibility index (Phi) is 7.65. The Morgan fingerprint density at radius 2 is 1.92 bits per heavy atom. The molecule has 2 aromatic carbocycles. The average molecular weight is 532 g/mol. The minimum Gasteiger partial charge on any atom is -0.494 e. The van der Waals surface area contributed by atoms with Crippen molar-refractivity contribution in [1.29, 1.82) is 0 Å². The molecule has 0 spiro atoms. The fraction of sp³-hybridized carbons (Fsp3) is 0.269. The molecule has 0 saturated carbocycles. The van der Waals surface area contributed by atoms with Crippen molar-refractivity contribution in [3.05, 3.63) is 88.9 Å². The second-order valence-electron chi connectivity index (χ2n) is 8.34. The van der Waals surface area contributed by atoms with Gasteiger partial charge in [0.1, 0.15) is 12.1 Å². The van der Waals surface area contributed by atoms with Crippen LogP contribution in [-0.2, 0) is 4.74 Å². The Hall–Kier alpha value is -4.03. The molecule has 0 fully saturated rings. The summed E-state index contributed by atoms with van der Waals surface area (Å²) in [7, 11) is 1.22. The van der Waals surface area contributed by atoms with Gasteiger partial charge in [0.05, 0.1) is 25.3 Å². The molecule has 38 heavy (non-hydrogen) atoms. The SMILES string of the molecule is CCOCC(O)(C(Nc1cccc2c1ccc(=O)n2-c1ccncn1)c1ccc(OC)c(F)c1)C(F)(F)F. The predicted octanol–water partition coefficient (Wildman–Crippen LogP) is 4.41. The van der Waals surface area contributed by atoms with Crippen LogP contribution in [0.2, 0.25) is 0 Å². The second kappa shape index (κ2) is 10.8. The zero-order valence-corrected chi connectivity index (χ0v) is 20.4. The lowest BCUT2D eigenvalue weighted by Crippen LogP contribution is -2.56. The number of anilines is 1. The lowest BCUT2D eigenvalue weighted by atomic mass is 9.87. The summed E-state index contributed by atoms with van der Waals surface area (Å²) in [5.41, 5.74) is -3.62. The number of nitrogens with zero attached hydrogens (tertiary/aromatic N) is 3. The third kappa shape index (κ3) is 5.04. The lowest BCUT2D eigenvalue weighted by molar-refractivity contribution is -0.281. The lowest BCUT2D eigenvalue weighted by Gasteiger charge is -2.38. The van der Waals surface area contributed by atoms with Crippen molar-refractivity contribution >= 4 is 16.6 Å². The van der Waals surface area contributed by atoms with Crippen LogP contribution in [0.25, 0.3) is 16.7 Å². The monoisotopic (exact) mass is 532 g/mol. The van der Waals surface area contributed by atoms with E-state index in [2.05, 4.69) is 15.3 Å². The minimum atomic E-state index is -5.18. The van der Waals surface area contributed by atoms with Gasteiger partial charge in [-0.3, -0.25) is 9.36 Å². The van der Waals surface area contributed by atoms with Gasteiger partial charge in [0.15, 0.2) is 11.6 Å². The summed E-state index contributed by atoms with van der Waals surface area (Å²) in [5, 5.41) is 14.2. The van der Waals surface area contributed by atoms with E-state index in [1.54, 1.807) is 6.07 Å². The van der Waals surface area contributed by atoms with Gasteiger partial charge in [0.2, 0.25) is 5.60 Å². The van der Waals surface area contributed by atoms with E-state index in [1.165, 1.54) is 73.6 Å². The van der Waals surface area contributed by atoms with E-state index < -0.39 is 35.8 Å². The molecule has 4 rings (SSSR count). The number of benzene rings is 2. The van der Waals surface area contributed by atoms with Crippen LogP contribution in [0.1, 0.15) is 18.5 Å². The molecule has 12 heteroatoms. The number of ether oxygens (including phenoxy) is 2. The molecule has 2 aromatic heterocycles. The van der Waals surface area contributed by atoms with Crippen molar-refractivity contribution in [1.82, 2.24) is 14.5 Å². The minimum absolute atomic E-state index is 0.0957. The molecule has 0 saturated heterocycles. The summed E-state index contributed by atoms with van der Waals surface area (Å²) in [4.78, 5) is 20.7. The molecule has 2 unspecified atom stereocenters. The first kappa shape index (κ1) is 27.0. The van der Waals surface area contributed by atoms with Crippen molar-refractivity contribution in [2.24, 2.45) is 0 Å². The van der Waals surface area contributed by atoms with E-state index in [1.807, 2.05) is 0 Å². The summed E-state index contributed by atoms with van der Waals surface area (Å²) >= 11 is 0. The number of halogens is 4. The Morgan fingerprint density at radius 3 is 2.55 bits per heavy atom. The van der Waals surface area contributed by atoms with Crippen LogP contribution in [0.3, 0.4) is 0 Å². The maximum absolute atomic E-state index is 14.6. The summed E-state index contributed by atoms with van der Waals surface area (Å²) in [6.07, 6.45) is -2.47. The average Bonchev–Trinajstić information content (AvgIpc) is 2.90. The number of aliphatic hydroxyl groups is 1. The number of aromatic nitrogens is 3. The van der Waals surface area contributed by atoms with Crippen LogP contribution in [0.15, 0.2) is 71.9 Å². The molecular formula is C26H24F4N4O4. The number of rotatable bonds is 9. The zero-order valence-electron chi connectivity index (χ0n) is 20.4. The van der Waals surface area contributed by atoms with Crippen molar-refractivity contribution in [3.8, 4) is 11.6 Å². The van der Waals surface area contributed by atoms with Crippen LogP contribution >= 0.6 is 0 Å². The molecule has 8 nitrogen and oxygen atoms in total. The fourth-order valence-electron chi connectivity index (χ4n) is 4.13. The number of alkyl halides is 3. The third-order valence-corrected chi connectivity index (χ3v) is 6.04. The van der Waals surface area contributed by atoms with Crippen molar-refractivity contribution in [2.75, 3.05) is 25.6 Å². The summed E-state index contributed by atoms with van der Waals surface area (Å²) in [6.45, 7) is 0.277. The quantitative estimate of drug-likeness (QED) is 0.308. The van der Waals surface area contributed by atoms with E-state index in [0.29, 0.717) is 10.9 Å². The van der Waals surface area contributed by atoms with Crippen LogP contribution in [0.4, 0.5) is 23.2 Å². The topological polar surface area (TPSA) is 98.5 Å². The molecule has 0 aliphatic rings. The van der Waals surface area contributed by atoms with Crippen LogP contribution in [0.5, 0.6) is 5.75 Å². The van der Waals surface area contributed by atoms with Gasteiger partial charge in [0.25, 0.3) is 5.56 Å². The molecule has 0 bridgehead atoms. The molecule has 0 aliphatic heterocycles. The number of methoxy groups -OCH3 is 1. The first-order valence-electron chi connectivity index (χ1n) is 11.5. The van der Waals surface area contributed by atoms with Gasteiger partial charge in [-0.05, 0) is 48.9 Å². The van der Waals surface area contributed by atoms with Crippen molar-refractivity contribution in [3.63, 3.8) is 0 Å². The van der Waals surface area contributed by atoms with Gasteiger partial charge in [-0.2, -0.15) is 13.2 Å². The number of hydrogen-bond donors (Lipinski definition) is 2. The van der Waals surface area contributed by atoms with E-state index in [0.717, 1.165) is 6.07 Å². The van der Waals surface area contributed by atoms with Crippen LogP contribution in [0, 0.1) is 5.82 Å². The summed E-state index contributed by atoms with van der Waals surface area (Å²) in [6, 6.07) is 10.2. The molecule has 200 valence electrons. The third-order valence-electron chi connectivity index (χ3n) is 6.04. The predicted molar refractivity (Wildman–Crippen MR) is 132 cm³/mol. The zero-order chi connectivity index (χ0) is 27.5. The van der Waals surface area contributed by atoms with E-state index >= 15 is 0 Å². The number of nitrogens with one attached hydrogen (secondary N) is 1. The normalized spacial score (nSPS) is 14.2. The van der Waals surface area contributed by atoms with Gasteiger partial charge in [-0.1, -0.05) is 12.1 Å². The molecule has 2 heterocycles. The highest BCUT2D eigenvalue weighted by molar-refractivity contribution is 5.92. The Bertz CT molecular complexity index is 1480. The van der Waals surface area contributed by atoms with Crippen LogP contribution < -0.4 is 15.6 Å². The van der Waals surface area contributed by atoms with Gasteiger partial charge < -0.3 is 19.9 Å². The van der Waals surface area contributed by atoms with Gasteiger partial charge in [0, 0.05) is 29.9 Å². The number of hydrogen-bond acceptors (Lipinski definition) is 7. The molecule has 0 aliphatic carbocycles. The first-order valence-corrected chi connectivity index (χ1v) is 11.5. The largest absolute Gasteiger partial charge is 0.494 e. The highest BCUT2D eigenvalue weighted by Gasteiger charge is 2.59. The van der Waals surface area contributed by atoms with E-state index in [-0.39, 0.29) is 29.4 Å². The molecule has 2 atom stereocenters. The Labute approximate surface area is 214 Å². The molecule has 4 aromatic rings. The highest BCUT2D eigenvalue weighted by atomic mass is 19.4. The number of pyridine rings is 1. The maximum atomic E-state index is 14.6. The molecule has 2 N–H and O–H groups in total. The standard InChI is InChI=1S/C26H24F4N4O4/c1-3-38-14-25(36,26(28,29)30)24(16-7-9-21(37-2)18(27)13-16)33-19-5-4-6-20-17(19)8-10-23(35)34(20)22-11-12-31-15-32-22/h4-13,15,24,33,36H,3,14H2,1-2H3. The Morgan fingerprint density at radius 1 is 1.13 bits per heavy atom. The first-order chi connectivity index (χ1) is 18.1. The fourth-order valence-corrected chi connectivity index (χ4v) is 4.13. The van der Waals surface area contributed by atoms with Crippen molar-refractivity contribution < 1.29 is 32.1 Å². The maximum Gasteiger partial charge on any atom is 0.421 e. The van der Waals surface area contributed by atoms with Gasteiger partial charge in [-0.25, -0.2) is 14.4 Å². The van der Waals surface area contributed by atoms with Crippen molar-refractivity contribution in [2.45, 2.75) is 24.7 Å². The smallest absolute Gasteiger partial charge is 0.421 e. The second-order valence-corrected chi connectivity index (χ2v) is 8.34. The summed E-state index contributed by atoms with van der Waals surface area (Å²) < 4.78 is 69.1. The molecule has 0 amide bonds. The summed E-state index contributed by atoms with van der Waals surface area (Å²) in [5.74, 6) is -0.829. The van der Waals surface area contributed by atoms with E-state index in [4.69, 9.17) is 9.47 Å². The van der Waals surface area contributed by atoms with Gasteiger partial charge in [-0.15, -0.1) is 0 Å². The number of fused-ring (bicyclic) bond motifs is 1. The Balaban J connectivity index is 1.92.